The molecule has 4 rings (SSSR count). The first-order valence-corrected chi connectivity index (χ1v) is 8.31. The van der Waals surface area contributed by atoms with E-state index in [0.29, 0.717) is 17.7 Å². The lowest BCUT2D eigenvalue weighted by atomic mass is 9.91. The third-order valence-electron chi connectivity index (χ3n) is 4.65. The zero-order valence-corrected chi connectivity index (χ0v) is 13.6. The minimum atomic E-state index is -0.211. The number of amides is 2. The fraction of sp³-hybridized carbons (Fsp3) is 0.0909. The summed E-state index contributed by atoms with van der Waals surface area (Å²) in [5.74, 6) is -0.473. The predicted octanol–water partition coefficient (Wildman–Crippen LogP) is 4.11. The van der Waals surface area contributed by atoms with Gasteiger partial charge in [0.1, 0.15) is 0 Å². The molecule has 25 heavy (non-hydrogen) atoms. The summed E-state index contributed by atoms with van der Waals surface area (Å²) in [6.07, 6.45) is 0. The van der Waals surface area contributed by atoms with Crippen molar-refractivity contribution in [1.82, 2.24) is 4.90 Å². The van der Waals surface area contributed by atoms with Gasteiger partial charge in [-0.15, -0.1) is 0 Å². The molecule has 0 saturated heterocycles. The summed E-state index contributed by atoms with van der Waals surface area (Å²) >= 11 is 0. The molecule has 0 saturated carbocycles. The van der Waals surface area contributed by atoms with Gasteiger partial charge in [-0.2, -0.15) is 0 Å². The molecule has 0 aliphatic carbocycles. The predicted molar refractivity (Wildman–Crippen MR) is 96.5 cm³/mol. The van der Waals surface area contributed by atoms with E-state index >= 15 is 0 Å². The molecule has 0 spiro atoms. The van der Waals surface area contributed by atoms with E-state index in [1.54, 1.807) is 24.3 Å². The van der Waals surface area contributed by atoms with Gasteiger partial charge in [0.2, 0.25) is 0 Å². The molecule has 2 amide bonds. The van der Waals surface area contributed by atoms with Gasteiger partial charge in [0.15, 0.2) is 0 Å². The van der Waals surface area contributed by atoms with Crippen molar-refractivity contribution in [3.05, 3.63) is 107 Å². The van der Waals surface area contributed by atoms with E-state index in [9.17, 15) is 9.59 Å². The number of hydrogen-bond acceptors (Lipinski definition) is 2. The highest BCUT2D eigenvalue weighted by molar-refractivity contribution is 6.21. The molecule has 1 aliphatic rings. The minimum Gasteiger partial charge on any atom is -0.273 e. The van der Waals surface area contributed by atoms with Crippen LogP contribution in [0.3, 0.4) is 0 Å². The number of imide groups is 1. The highest BCUT2D eigenvalue weighted by atomic mass is 16.2. The molecule has 3 nitrogen and oxygen atoms in total. The molecule has 0 radical (unpaired) electrons. The Hall–Kier alpha value is -3.20. The Morgan fingerprint density at radius 2 is 1.00 bits per heavy atom. The average Bonchev–Trinajstić information content (AvgIpc) is 2.92. The van der Waals surface area contributed by atoms with Gasteiger partial charge in [0.25, 0.3) is 11.8 Å². The summed E-state index contributed by atoms with van der Waals surface area (Å²) in [5, 5.41) is 0. The van der Waals surface area contributed by atoms with Crippen molar-refractivity contribution in [2.24, 2.45) is 0 Å². The maximum atomic E-state index is 12.7. The van der Waals surface area contributed by atoms with Crippen molar-refractivity contribution < 1.29 is 9.59 Å². The Morgan fingerprint density at radius 1 is 0.600 bits per heavy atom. The van der Waals surface area contributed by atoms with Crippen molar-refractivity contribution in [3.8, 4) is 0 Å². The first kappa shape index (κ1) is 15.3. The second kappa shape index (κ2) is 6.36. The second-order valence-corrected chi connectivity index (χ2v) is 6.14. The smallest absolute Gasteiger partial charge is 0.261 e. The van der Waals surface area contributed by atoms with Crippen LogP contribution in [-0.2, 0) is 0 Å². The molecule has 0 unspecified atom stereocenters. The maximum Gasteiger partial charge on any atom is 0.261 e. The topological polar surface area (TPSA) is 37.4 Å². The minimum absolute atomic E-state index is 0.0513. The van der Waals surface area contributed by atoms with Crippen LogP contribution in [0, 0.1) is 0 Å². The summed E-state index contributed by atoms with van der Waals surface area (Å²) in [6, 6.07) is 27.0. The van der Waals surface area contributed by atoms with Gasteiger partial charge >= 0.3 is 0 Å². The van der Waals surface area contributed by atoms with E-state index in [2.05, 4.69) is 0 Å². The van der Waals surface area contributed by atoms with E-state index in [4.69, 9.17) is 0 Å². The van der Waals surface area contributed by atoms with E-state index in [1.165, 1.54) is 4.90 Å². The fourth-order valence-corrected chi connectivity index (χ4v) is 3.36. The van der Waals surface area contributed by atoms with Crippen LogP contribution in [0.25, 0.3) is 0 Å². The van der Waals surface area contributed by atoms with Crippen LogP contribution in [0.2, 0.25) is 0 Å². The molecule has 0 fully saturated rings. The number of benzene rings is 3. The number of carbonyl (C=O) groups is 2. The van der Waals surface area contributed by atoms with E-state index in [-0.39, 0.29) is 17.7 Å². The van der Waals surface area contributed by atoms with Crippen molar-refractivity contribution in [2.45, 2.75) is 5.92 Å². The highest BCUT2D eigenvalue weighted by Crippen LogP contribution is 2.30. The van der Waals surface area contributed by atoms with Gasteiger partial charge in [0.05, 0.1) is 11.1 Å². The molecule has 0 atom stereocenters. The standard InChI is InChI=1S/C22H17NO2/c24-21-18-13-7-8-14-19(18)22(25)23(21)15-20(16-9-3-1-4-10-16)17-11-5-2-6-12-17/h1-14,20H,15H2. The van der Waals surface area contributed by atoms with Crippen LogP contribution in [-0.4, -0.2) is 23.3 Å². The normalized spacial score (nSPS) is 13.4. The third-order valence-corrected chi connectivity index (χ3v) is 4.65. The lowest BCUT2D eigenvalue weighted by molar-refractivity contribution is 0.0649. The Bertz CT molecular complexity index is 845. The number of hydrogen-bond donors (Lipinski definition) is 0. The molecule has 3 aromatic rings. The van der Waals surface area contributed by atoms with Crippen molar-refractivity contribution in [2.75, 3.05) is 6.54 Å². The van der Waals surface area contributed by atoms with Crippen LogP contribution in [0.5, 0.6) is 0 Å². The lowest BCUT2D eigenvalue weighted by Crippen LogP contribution is -2.34. The molecule has 1 heterocycles. The van der Waals surface area contributed by atoms with Gasteiger partial charge in [-0.3, -0.25) is 14.5 Å². The number of nitrogens with zero attached hydrogens (tertiary/aromatic N) is 1. The van der Waals surface area contributed by atoms with E-state index < -0.39 is 0 Å². The first-order valence-electron chi connectivity index (χ1n) is 8.31. The average molecular weight is 327 g/mol. The number of carbonyl (C=O) groups excluding carboxylic acids is 2. The van der Waals surface area contributed by atoms with Crippen LogP contribution in [0.1, 0.15) is 37.8 Å². The third kappa shape index (κ3) is 2.74. The monoisotopic (exact) mass is 327 g/mol. The molecule has 0 N–H and O–H groups in total. The summed E-state index contributed by atoms with van der Waals surface area (Å²) in [5.41, 5.74) is 3.16. The Labute approximate surface area is 146 Å². The quantitative estimate of drug-likeness (QED) is 0.676. The molecule has 122 valence electrons. The largest absolute Gasteiger partial charge is 0.273 e. The van der Waals surface area contributed by atoms with Crippen molar-refractivity contribution in [1.29, 1.82) is 0 Å². The Kier molecular flexibility index (Phi) is 3.90. The molecule has 3 aromatic carbocycles. The van der Waals surface area contributed by atoms with E-state index in [1.807, 2.05) is 60.7 Å². The molecular weight excluding hydrogens is 310 g/mol. The first-order chi connectivity index (χ1) is 12.3. The molecule has 3 heteroatoms. The molecule has 1 aliphatic heterocycles. The van der Waals surface area contributed by atoms with Gasteiger partial charge in [-0.25, -0.2) is 0 Å². The molecule has 0 aromatic heterocycles. The summed E-state index contributed by atoms with van der Waals surface area (Å²) in [4.78, 5) is 26.8. The summed E-state index contributed by atoms with van der Waals surface area (Å²) in [7, 11) is 0. The zero-order chi connectivity index (χ0) is 17.2. The SMILES string of the molecule is O=C1c2ccccc2C(=O)N1CC(c1ccccc1)c1ccccc1. The van der Waals surface area contributed by atoms with Crippen LogP contribution in [0.15, 0.2) is 84.9 Å². The van der Waals surface area contributed by atoms with Crippen molar-refractivity contribution in [3.63, 3.8) is 0 Å². The second-order valence-electron chi connectivity index (χ2n) is 6.14. The van der Waals surface area contributed by atoms with Crippen LogP contribution >= 0.6 is 0 Å². The maximum absolute atomic E-state index is 12.7. The van der Waals surface area contributed by atoms with Crippen LogP contribution in [0.4, 0.5) is 0 Å². The van der Waals surface area contributed by atoms with Gasteiger partial charge in [-0.05, 0) is 23.3 Å². The highest BCUT2D eigenvalue weighted by Gasteiger charge is 2.36. The lowest BCUT2D eigenvalue weighted by Gasteiger charge is -2.23. The van der Waals surface area contributed by atoms with Gasteiger partial charge in [0, 0.05) is 12.5 Å². The summed E-state index contributed by atoms with van der Waals surface area (Å²) < 4.78 is 0. The van der Waals surface area contributed by atoms with Gasteiger partial charge < -0.3 is 0 Å². The Balaban J connectivity index is 1.71. The summed E-state index contributed by atoms with van der Waals surface area (Å²) in [6.45, 7) is 0.334. The van der Waals surface area contributed by atoms with Crippen LogP contribution < -0.4 is 0 Å². The van der Waals surface area contributed by atoms with Gasteiger partial charge in [-0.1, -0.05) is 72.8 Å². The Morgan fingerprint density at radius 3 is 1.44 bits per heavy atom. The van der Waals surface area contributed by atoms with Crippen molar-refractivity contribution >= 4 is 11.8 Å². The fourth-order valence-electron chi connectivity index (χ4n) is 3.36. The molecular formula is C22H17NO2. The van der Waals surface area contributed by atoms with E-state index in [0.717, 1.165) is 11.1 Å². The molecule has 0 bridgehead atoms. The number of rotatable bonds is 4. The number of fused-ring (bicyclic) bond motifs is 1. The zero-order valence-electron chi connectivity index (χ0n) is 13.6.